The highest BCUT2D eigenvalue weighted by molar-refractivity contribution is 7.15. The molecule has 0 saturated carbocycles. The van der Waals surface area contributed by atoms with Crippen LogP contribution >= 0.6 is 11.3 Å². The number of hydrogen-bond donors (Lipinski definition) is 1. The SMILES string of the molecule is CCN(CC)c1ncc(CNCCC2CCOC2)s1. The minimum absolute atomic E-state index is 0.764. The predicted octanol–water partition coefficient (Wildman–Crippen LogP) is 2.51. The molecular weight excluding hydrogens is 258 g/mol. The van der Waals surface area contributed by atoms with Gasteiger partial charge in [0.1, 0.15) is 0 Å². The van der Waals surface area contributed by atoms with Crippen molar-refractivity contribution in [3.05, 3.63) is 11.1 Å². The molecule has 1 unspecified atom stereocenters. The largest absolute Gasteiger partial charge is 0.381 e. The Bertz CT molecular complexity index is 359. The maximum absolute atomic E-state index is 5.39. The van der Waals surface area contributed by atoms with E-state index in [9.17, 15) is 0 Å². The Balaban J connectivity index is 1.68. The summed E-state index contributed by atoms with van der Waals surface area (Å²) in [5.74, 6) is 0.764. The molecule has 2 rings (SSSR count). The number of ether oxygens (including phenoxy) is 1. The van der Waals surface area contributed by atoms with E-state index in [4.69, 9.17) is 4.74 Å². The average molecular weight is 283 g/mol. The summed E-state index contributed by atoms with van der Waals surface area (Å²) < 4.78 is 5.39. The van der Waals surface area contributed by atoms with E-state index < -0.39 is 0 Å². The highest BCUT2D eigenvalue weighted by atomic mass is 32.1. The van der Waals surface area contributed by atoms with Crippen LogP contribution in [0, 0.1) is 5.92 Å². The minimum atomic E-state index is 0.764. The molecule has 0 aliphatic carbocycles. The van der Waals surface area contributed by atoms with Gasteiger partial charge in [0.15, 0.2) is 5.13 Å². The minimum Gasteiger partial charge on any atom is -0.381 e. The fourth-order valence-electron chi connectivity index (χ4n) is 2.35. The highest BCUT2D eigenvalue weighted by Crippen LogP contribution is 2.22. The fourth-order valence-corrected chi connectivity index (χ4v) is 3.35. The Labute approximate surface area is 120 Å². The summed E-state index contributed by atoms with van der Waals surface area (Å²) in [6.45, 7) is 10.3. The summed E-state index contributed by atoms with van der Waals surface area (Å²) in [6, 6.07) is 0. The van der Waals surface area contributed by atoms with Gasteiger partial charge in [0.05, 0.1) is 0 Å². The molecule has 1 atom stereocenters. The number of nitrogens with one attached hydrogen (secondary N) is 1. The quantitative estimate of drug-likeness (QED) is 0.744. The van der Waals surface area contributed by atoms with E-state index in [-0.39, 0.29) is 0 Å². The second kappa shape index (κ2) is 7.82. The fraction of sp³-hybridized carbons (Fsp3) is 0.786. The van der Waals surface area contributed by atoms with Crippen LogP contribution in [0.2, 0.25) is 0 Å². The zero-order valence-electron chi connectivity index (χ0n) is 12.0. The third-order valence-corrected chi connectivity index (χ3v) is 4.69. The zero-order valence-corrected chi connectivity index (χ0v) is 12.8. The van der Waals surface area contributed by atoms with Gasteiger partial charge in [-0.25, -0.2) is 4.98 Å². The molecule has 0 spiro atoms. The van der Waals surface area contributed by atoms with Gasteiger partial charge in [-0.1, -0.05) is 0 Å². The maximum atomic E-state index is 5.39. The molecule has 19 heavy (non-hydrogen) atoms. The summed E-state index contributed by atoms with van der Waals surface area (Å²) in [7, 11) is 0. The van der Waals surface area contributed by atoms with Crippen LogP contribution in [0.25, 0.3) is 0 Å². The first kappa shape index (κ1) is 14.8. The number of anilines is 1. The average Bonchev–Trinajstić information content (AvgIpc) is 3.08. The molecule has 1 saturated heterocycles. The van der Waals surface area contributed by atoms with Gasteiger partial charge in [-0.15, -0.1) is 11.3 Å². The number of rotatable bonds is 8. The lowest BCUT2D eigenvalue weighted by Crippen LogP contribution is -2.21. The van der Waals surface area contributed by atoms with Gasteiger partial charge in [-0.05, 0) is 39.2 Å². The van der Waals surface area contributed by atoms with Crippen molar-refractivity contribution in [1.82, 2.24) is 10.3 Å². The smallest absolute Gasteiger partial charge is 0.185 e. The molecule has 0 amide bonds. The number of hydrogen-bond acceptors (Lipinski definition) is 5. The lowest BCUT2D eigenvalue weighted by Gasteiger charge is -2.16. The van der Waals surface area contributed by atoms with E-state index in [1.807, 2.05) is 6.20 Å². The Hall–Kier alpha value is -0.650. The third-order valence-electron chi connectivity index (χ3n) is 3.63. The molecule has 1 aliphatic rings. The molecule has 2 heterocycles. The Morgan fingerprint density at radius 1 is 1.47 bits per heavy atom. The van der Waals surface area contributed by atoms with E-state index in [1.165, 1.54) is 17.7 Å². The first-order valence-corrected chi connectivity index (χ1v) is 8.13. The lowest BCUT2D eigenvalue weighted by atomic mass is 10.1. The van der Waals surface area contributed by atoms with Crippen LogP contribution in [0.15, 0.2) is 6.20 Å². The number of thiazole rings is 1. The number of aromatic nitrogens is 1. The monoisotopic (exact) mass is 283 g/mol. The molecule has 1 fully saturated rings. The topological polar surface area (TPSA) is 37.4 Å². The summed E-state index contributed by atoms with van der Waals surface area (Å²) in [6.07, 6.45) is 4.46. The Morgan fingerprint density at radius 3 is 3.00 bits per heavy atom. The highest BCUT2D eigenvalue weighted by Gasteiger charge is 2.14. The van der Waals surface area contributed by atoms with Crippen LogP contribution in [-0.4, -0.2) is 37.8 Å². The van der Waals surface area contributed by atoms with Gasteiger partial charge in [0, 0.05) is 43.9 Å². The van der Waals surface area contributed by atoms with Gasteiger partial charge in [-0.3, -0.25) is 0 Å². The van der Waals surface area contributed by atoms with Gasteiger partial charge in [-0.2, -0.15) is 0 Å². The van der Waals surface area contributed by atoms with Crippen molar-refractivity contribution in [2.45, 2.75) is 33.2 Å². The summed E-state index contributed by atoms with van der Waals surface area (Å²) >= 11 is 1.80. The molecule has 1 N–H and O–H groups in total. The van der Waals surface area contributed by atoms with Crippen LogP contribution in [0.5, 0.6) is 0 Å². The molecule has 108 valence electrons. The van der Waals surface area contributed by atoms with E-state index in [2.05, 4.69) is 29.0 Å². The van der Waals surface area contributed by atoms with Crippen LogP contribution in [0.1, 0.15) is 31.6 Å². The lowest BCUT2D eigenvalue weighted by molar-refractivity contribution is 0.184. The zero-order chi connectivity index (χ0) is 13.5. The standard InChI is InChI=1S/C14H25N3OS/c1-3-17(4-2)14-16-10-13(19-14)9-15-7-5-12-6-8-18-11-12/h10,12,15H,3-9,11H2,1-2H3. The van der Waals surface area contributed by atoms with Crippen molar-refractivity contribution >= 4 is 16.5 Å². The second-order valence-electron chi connectivity index (χ2n) is 4.98. The van der Waals surface area contributed by atoms with Crippen molar-refractivity contribution in [2.24, 2.45) is 5.92 Å². The summed E-state index contributed by atoms with van der Waals surface area (Å²) in [5.41, 5.74) is 0. The van der Waals surface area contributed by atoms with Crippen LogP contribution in [-0.2, 0) is 11.3 Å². The van der Waals surface area contributed by atoms with Crippen LogP contribution in [0.4, 0.5) is 5.13 Å². The number of nitrogens with zero attached hydrogens (tertiary/aromatic N) is 2. The molecule has 4 nitrogen and oxygen atoms in total. The molecule has 0 radical (unpaired) electrons. The van der Waals surface area contributed by atoms with E-state index in [0.717, 1.165) is 50.4 Å². The molecule has 5 heteroatoms. The van der Waals surface area contributed by atoms with Gasteiger partial charge < -0.3 is 15.0 Å². The van der Waals surface area contributed by atoms with Crippen molar-refractivity contribution in [1.29, 1.82) is 0 Å². The maximum Gasteiger partial charge on any atom is 0.185 e. The van der Waals surface area contributed by atoms with Crippen molar-refractivity contribution in [3.63, 3.8) is 0 Å². The van der Waals surface area contributed by atoms with E-state index in [0.29, 0.717) is 0 Å². The second-order valence-corrected chi connectivity index (χ2v) is 6.07. The van der Waals surface area contributed by atoms with Crippen LogP contribution < -0.4 is 10.2 Å². The third kappa shape index (κ3) is 4.44. The van der Waals surface area contributed by atoms with Gasteiger partial charge in [0.2, 0.25) is 0 Å². The molecule has 1 aliphatic heterocycles. The van der Waals surface area contributed by atoms with E-state index in [1.54, 1.807) is 11.3 Å². The molecule has 0 aromatic carbocycles. The first-order valence-electron chi connectivity index (χ1n) is 7.31. The predicted molar refractivity (Wildman–Crippen MR) is 80.9 cm³/mol. The van der Waals surface area contributed by atoms with Crippen molar-refractivity contribution < 1.29 is 4.74 Å². The molecule has 1 aromatic rings. The van der Waals surface area contributed by atoms with Crippen molar-refractivity contribution in [3.8, 4) is 0 Å². The molecule has 0 bridgehead atoms. The first-order chi connectivity index (χ1) is 9.33. The van der Waals surface area contributed by atoms with Gasteiger partial charge >= 0.3 is 0 Å². The molecular formula is C14H25N3OS. The van der Waals surface area contributed by atoms with Crippen LogP contribution in [0.3, 0.4) is 0 Å². The van der Waals surface area contributed by atoms with E-state index >= 15 is 0 Å². The van der Waals surface area contributed by atoms with Gasteiger partial charge in [0.25, 0.3) is 0 Å². The van der Waals surface area contributed by atoms with Crippen molar-refractivity contribution in [2.75, 3.05) is 37.7 Å². The summed E-state index contributed by atoms with van der Waals surface area (Å²) in [4.78, 5) is 8.12. The normalized spacial score (nSPS) is 18.9. The Kier molecular flexibility index (Phi) is 6.07. The molecule has 1 aromatic heterocycles. The summed E-state index contributed by atoms with van der Waals surface area (Å²) in [5, 5.41) is 4.66. The Morgan fingerprint density at radius 2 is 2.32 bits per heavy atom.